The van der Waals surface area contributed by atoms with Crippen LogP contribution in [0.3, 0.4) is 0 Å². The first-order valence-corrected chi connectivity index (χ1v) is 9.92. The van der Waals surface area contributed by atoms with Gasteiger partial charge in [-0.05, 0) is 53.9 Å². The Kier molecular flexibility index (Phi) is 5.48. The van der Waals surface area contributed by atoms with Crippen molar-refractivity contribution in [1.29, 1.82) is 0 Å². The van der Waals surface area contributed by atoms with E-state index in [0.717, 1.165) is 27.8 Å². The smallest absolute Gasteiger partial charge is 0.381 e. The van der Waals surface area contributed by atoms with E-state index in [0.29, 0.717) is 22.8 Å². The third kappa shape index (κ3) is 4.46. The Morgan fingerprint density at radius 1 is 0.933 bits per heavy atom. The van der Waals surface area contributed by atoms with Crippen molar-refractivity contribution in [2.75, 3.05) is 5.32 Å². The highest BCUT2D eigenvalue weighted by atomic mass is 35.5. The van der Waals surface area contributed by atoms with Crippen molar-refractivity contribution in [3.8, 4) is 11.3 Å². The molecule has 0 unspecified atom stereocenters. The molecule has 1 aromatic heterocycles. The number of alkyl halides is 3. The van der Waals surface area contributed by atoms with Crippen molar-refractivity contribution in [2.45, 2.75) is 26.2 Å². The molecule has 3 aromatic carbocycles. The number of anilines is 1. The molecule has 0 saturated heterocycles. The van der Waals surface area contributed by atoms with E-state index in [1.165, 1.54) is 4.57 Å². The van der Waals surface area contributed by atoms with Gasteiger partial charge in [-0.3, -0.25) is 0 Å². The van der Waals surface area contributed by atoms with Crippen LogP contribution < -0.4 is 5.32 Å². The summed E-state index contributed by atoms with van der Waals surface area (Å²) in [5.41, 5.74) is 4.79. The molecular formula is C24H20ClF3N2. The molecule has 0 fully saturated rings. The quantitative estimate of drug-likeness (QED) is 0.349. The van der Waals surface area contributed by atoms with Gasteiger partial charge in [0, 0.05) is 33.9 Å². The second-order valence-corrected chi connectivity index (χ2v) is 7.74. The molecule has 0 aliphatic heterocycles. The van der Waals surface area contributed by atoms with Gasteiger partial charge in [0.25, 0.3) is 0 Å². The van der Waals surface area contributed by atoms with Crippen LogP contribution in [0.25, 0.3) is 22.2 Å². The van der Waals surface area contributed by atoms with Crippen LogP contribution in [-0.2, 0) is 13.1 Å². The first-order chi connectivity index (χ1) is 14.3. The second-order valence-electron chi connectivity index (χ2n) is 7.30. The van der Waals surface area contributed by atoms with Gasteiger partial charge >= 0.3 is 6.18 Å². The van der Waals surface area contributed by atoms with Gasteiger partial charge in [-0.1, -0.05) is 54.1 Å². The van der Waals surface area contributed by atoms with Gasteiger partial charge in [-0.2, -0.15) is 13.2 Å². The largest absolute Gasteiger partial charge is 0.406 e. The molecule has 0 saturated carbocycles. The van der Waals surface area contributed by atoms with Gasteiger partial charge in [0.1, 0.15) is 6.54 Å². The van der Waals surface area contributed by atoms with Crippen LogP contribution in [-0.4, -0.2) is 10.7 Å². The van der Waals surface area contributed by atoms with Crippen LogP contribution in [0, 0.1) is 6.92 Å². The molecule has 1 N–H and O–H groups in total. The first-order valence-electron chi connectivity index (χ1n) is 9.54. The molecular weight excluding hydrogens is 409 g/mol. The highest BCUT2D eigenvalue weighted by Crippen LogP contribution is 2.33. The van der Waals surface area contributed by atoms with Crippen molar-refractivity contribution in [3.63, 3.8) is 0 Å². The Labute approximate surface area is 177 Å². The Hall–Kier alpha value is -2.92. The normalized spacial score (nSPS) is 11.8. The van der Waals surface area contributed by atoms with Gasteiger partial charge in [-0.25, -0.2) is 0 Å². The lowest BCUT2D eigenvalue weighted by Crippen LogP contribution is -2.18. The standard InChI is InChI=1S/C24H20ClF3N2/c1-16-4-2-7-22-21(16)13-23(30(22)15-24(26,27)28)18-10-8-17(9-11-18)14-29-20-6-3-5-19(25)12-20/h2-13,29H,14-15H2,1H3. The number of rotatable bonds is 5. The Balaban J connectivity index is 1.63. The average molecular weight is 429 g/mol. The summed E-state index contributed by atoms with van der Waals surface area (Å²) in [4.78, 5) is 0. The molecule has 4 rings (SSSR count). The van der Waals surface area contributed by atoms with Gasteiger partial charge in [0.05, 0.1) is 0 Å². The summed E-state index contributed by atoms with van der Waals surface area (Å²) >= 11 is 6.00. The van der Waals surface area contributed by atoms with Crippen LogP contribution in [0.2, 0.25) is 5.02 Å². The zero-order valence-electron chi connectivity index (χ0n) is 16.3. The van der Waals surface area contributed by atoms with Crippen LogP contribution in [0.5, 0.6) is 0 Å². The van der Waals surface area contributed by atoms with E-state index >= 15 is 0 Å². The topological polar surface area (TPSA) is 17.0 Å². The maximum atomic E-state index is 13.3. The number of fused-ring (bicyclic) bond motifs is 1. The average Bonchev–Trinajstić information content (AvgIpc) is 3.05. The van der Waals surface area contributed by atoms with Crippen molar-refractivity contribution in [3.05, 3.63) is 88.9 Å². The lowest BCUT2D eigenvalue weighted by atomic mass is 10.1. The minimum absolute atomic E-state index is 0.561. The van der Waals surface area contributed by atoms with Gasteiger partial charge in [0.15, 0.2) is 0 Å². The van der Waals surface area contributed by atoms with Crippen LogP contribution in [0.15, 0.2) is 72.8 Å². The zero-order chi connectivity index (χ0) is 21.3. The minimum atomic E-state index is -4.30. The monoisotopic (exact) mass is 428 g/mol. The molecule has 30 heavy (non-hydrogen) atoms. The summed E-state index contributed by atoms with van der Waals surface area (Å²) in [6.45, 7) is 1.48. The SMILES string of the molecule is Cc1cccc2c1cc(-c1ccc(CNc3cccc(Cl)c3)cc1)n2CC(F)(F)F. The molecule has 0 bridgehead atoms. The summed E-state index contributed by atoms with van der Waals surface area (Å²) < 4.78 is 41.1. The molecule has 0 radical (unpaired) electrons. The first kappa shape index (κ1) is 20.4. The van der Waals surface area contributed by atoms with E-state index in [-0.39, 0.29) is 0 Å². The van der Waals surface area contributed by atoms with Crippen molar-refractivity contribution in [1.82, 2.24) is 4.57 Å². The highest BCUT2D eigenvalue weighted by molar-refractivity contribution is 6.30. The lowest BCUT2D eigenvalue weighted by molar-refractivity contribution is -0.139. The zero-order valence-corrected chi connectivity index (χ0v) is 17.1. The van der Waals surface area contributed by atoms with E-state index in [9.17, 15) is 13.2 Å². The number of aryl methyl sites for hydroxylation is 1. The predicted molar refractivity (Wildman–Crippen MR) is 117 cm³/mol. The number of nitrogens with one attached hydrogen (secondary N) is 1. The number of benzene rings is 3. The van der Waals surface area contributed by atoms with E-state index in [2.05, 4.69) is 5.32 Å². The summed E-state index contributed by atoms with van der Waals surface area (Å²) in [5.74, 6) is 0. The fourth-order valence-corrected chi connectivity index (χ4v) is 3.81. The number of aromatic nitrogens is 1. The van der Waals surface area contributed by atoms with E-state index in [1.807, 2.05) is 67.6 Å². The van der Waals surface area contributed by atoms with E-state index < -0.39 is 12.7 Å². The van der Waals surface area contributed by atoms with E-state index in [1.54, 1.807) is 12.1 Å². The molecule has 2 nitrogen and oxygen atoms in total. The predicted octanol–water partition coefficient (Wildman–Crippen LogP) is 7.44. The number of hydrogen-bond donors (Lipinski definition) is 1. The Bertz CT molecular complexity index is 1180. The number of hydrogen-bond acceptors (Lipinski definition) is 1. The fourth-order valence-electron chi connectivity index (χ4n) is 3.62. The molecule has 154 valence electrons. The van der Waals surface area contributed by atoms with Crippen molar-refractivity contribution >= 4 is 28.2 Å². The maximum Gasteiger partial charge on any atom is 0.406 e. The Morgan fingerprint density at radius 3 is 2.37 bits per heavy atom. The number of nitrogens with zero attached hydrogens (tertiary/aromatic N) is 1. The summed E-state index contributed by atoms with van der Waals surface area (Å²) in [5, 5.41) is 4.79. The van der Waals surface area contributed by atoms with E-state index in [4.69, 9.17) is 11.6 Å². The molecule has 4 aromatic rings. The molecule has 0 amide bonds. The lowest BCUT2D eigenvalue weighted by Gasteiger charge is -2.14. The van der Waals surface area contributed by atoms with Crippen molar-refractivity contribution in [2.24, 2.45) is 0 Å². The summed E-state index contributed by atoms with van der Waals surface area (Å²) in [6, 6.07) is 22.3. The van der Waals surface area contributed by atoms with Crippen LogP contribution in [0.1, 0.15) is 11.1 Å². The molecule has 0 atom stereocenters. The second kappa shape index (κ2) is 8.07. The van der Waals surface area contributed by atoms with Crippen LogP contribution in [0.4, 0.5) is 18.9 Å². The molecule has 6 heteroatoms. The minimum Gasteiger partial charge on any atom is -0.381 e. The molecule has 0 aliphatic rings. The van der Waals surface area contributed by atoms with Gasteiger partial charge < -0.3 is 9.88 Å². The third-order valence-corrected chi connectivity index (χ3v) is 5.31. The molecule has 1 heterocycles. The van der Waals surface area contributed by atoms with Gasteiger partial charge in [-0.15, -0.1) is 0 Å². The third-order valence-electron chi connectivity index (χ3n) is 5.07. The Morgan fingerprint density at radius 2 is 1.67 bits per heavy atom. The van der Waals surface area contributed by atoms with Crippen LogP contribution >= 0.6 is 11.6 Å². The fraction of sp³-hybridized carbons (Fsp3) is 0.167. The van der Waals surface area contributed by atoms with Crippen molar-refractivity contribution < 1.29 is 13.2 Å². The number of halogens is 4. The summed E-state index contributed by atoms with van der Waals surface area (Å²) in [6.07, 6.45) is -4.30. The van der Waals surface area contributed by atoms with Gasteiger partial charge in [0.2, 0.25) is 0 Å². The summed E-state index contributed by atoms with van der Waals surface area (Å²) in [7, 11) is 0. The maximum absolute atomic E-state index is 13.3. The highest BCUT2D eigenvalue weighted by Gasteiger charge is 2.30. The molecule has 0 aliphatic carbocycles. The molecule has 0 spiro atoms.